The smallest absolute Gasteiger partial charge is 0.255 e. The van der Waals surface area contributed by atoms with Gasteiger partial charge in [0.15, 0.2) is 0 Å². The van der Waals surface area contributed by atoms with Gasteiger partial charge in [0.25, 0.3) is 5.91 Å². The van der Waals surface area contributed by atoms with Gasteiger partial charge in [0.1, 0.15) is 5.82 Å². The second-order valence-corrected chi connectivity index (χ2v) is 4.38. The second-order valence-electron chi connectivity index (χ2n) is 4.38. The molecule has 2 rings (SSSR count). The van der Waals surface area contributed by atoms with Crippen LogP contribution >= 0.6 is 0 Å². The molecular formula is C13H19N3O2. The number of hydrogen-bond acceptors (Lipinski definition) is 4. The van der Waals surface area contributed by atoms with E-state index in [-0.39, 0.29) is 11.9 Å². The molecule has 1 saturated heterocycles. The Morgan fingerprint density at radius 3 is 3.06 bits per heavy atom. The predicted octanol–water partition coefficient (Wildman–Crippen LogP) is 1.37. The van der Waals surface area contributed by atoms with Crippen molar-refractivity contribution in [2.45, 2.75) is 19.9 Å². The number of ether oxygens (including phenoxy) is 1. The molecule has 0 bridgehead atoms. The van der Waals surface area contributed by atoms with E-state index in [1.54, 1.807) is 6.20 Å². The zero-order chi connectivity index (χ0) is 13.0. The van der Waals surface area contributed by atoms with Gasteiger partial charge in [0.2, 0.25) is 0 Å². The fourth-order valence-electron chi connectivity index (χ4n) is 2.00. The lowest BCUT2D eigenvalue weighted by atomic mass is 10.2. The van der Waals surface area contributed by atoms with Gasteiger partial charge < -0.3 is 15.0 Å². The van der Waals surface area contributed by atoms with E-state index in [2.05, 4.69) is 10.3 Å². The number of hydrogen-bond donors (Lipinski definition) is 1. The lowest BCUT2D eigenvalue weighted by molar-refractivity contribution is 0.00357. The summed E-state index contributed by atoms with van der Waals surface area (Å²) in [5.41, 5.74) is 0.630. The first kappa shape index (κ1) is 12.8. The molecule has 0 unspecified atom stereocenters. The molecule has 0 saturated carbocycles. The van der Waals surface area contributed by atoms with Crippen LogP contribution in [0.5, 0.6) is 0 Å². The van der Waals surface area contributed by atoms with Crippen LogP contribution in [0.1, 0.15) is 24.2 Å². The van der Waals surface area contributed by atoms with Gasteiger partial charge in [0.05, 0.1) is 24.8 Å². The molecule has 18 heavy (non-hydrogen) atoms. The Bertz CT molecular complexity index is 405. The molecule has 1 fully saturated rings. The summed E-state index contributed by atoms with van der Waals surface area (Å²) in [7, 11) is 0. The summed E-state index contributed by atoms with van der Waals surface area (Å²) >= 11 is 0. The summed E-state index contributed by atoms with van der Waals surface area (Å²) in [6.45, 7) is 6.69. The number of morpholine rings is 1. The van der Waals surface area contributed by atoms with E-state index in [1.165, 1.54) is 0 Å². The summed E-state index contributed by atoms with van der Waals surface area (Å²) < 4.78 is 5.33. The Balaban J connectivity index is 2.08. The van der Waals surface area contributed by atoms with Crippen molar-refractivity contribution in [3.8, 4) is 0 Å². The maximum absolute atomic E-state index is 12.3. The summed E-state index contributed by atoms with van der Waals surface area (Å²) in [4.78, 5) is 18.3. The molecule has 1 amide bonds. The Morgan fingerprint density at radius 2 is 2.44 bits per heavy atom. The maximum Gasteiger partial charge on any atom is 0.255 e. The molecule has 0 radical (unpaired) electrons. The Morgan fingerprint density at radius 1 is 1.61 bits per heavy atom. The van der Waals surface area contributed by atoms with Crippen LogP contribution in [0.25, 0.3) is 0 Å². The van der Waals surface area contributed by atoms with E-state index in [4.69, 9.17) is 4.74 Å². The van der Waals surface area contributed by atoms with E-state index in [0.29, 0.717) is 25.3 Å². The highest BCUT2D eigenvalue weighted by Crippen LogP contribution is 2.13. The highest BCUT2D eigenvalue weighted by molar-refractivity contribution is 5.94. The van der Waals surface area contributed by atoms with E-state index in [9.17, 15) is 4.79 Å². The number of nitrogens with zero attached hydrogens (tertiary/aromatic N) is 2. The number of rotatable bonds is 3. The van der Waals surface area contributed by atoms with Crippen molar-refractivity contribution in [1.82, 2.24) is 9.88 Å². The first-order chi connectivity index (χ1) is 8.72. The molecule has 1 atom stereocenters. The Kier molecular flexibility index (Phi) is 4.15. The molecular weight excluding hydrogens is 230 g/mol. The topological polar surface area (TPSA) is 54.5 Å². The normalized spacial score (nSPS) is 19.7. The molecule has 98 valence electrons. The SMILES string of the molecule is CCNc1ccc(C(=O)N2CCOC[C@H]2C)cn1. The number of pyridine rings is 1. The first-order valence-corrected chi connectivity index (χ1v) is 6.31. The van der Waals surface area contributed by atoms with Crippen molar-refractivity contribution in [3.05, 3.63) is 23.9 Å². The highest BCUT2D eigenvalue weighted by Gasteiger charge is 2.24. The summed E-state index contributed by atoms with van der Waals surface area (Å²) in [5.74, 6) is 0.824. The molecule has 1 aliphatic rings. The molecule has 0 aromatic carbocycles. The number of carbonyl (C=O) groups excluding carboxylic acids is 1. The number of anilines is 1. The monoisotopic (exact) mass is 249 g/mol. The zero-order valence-electron chi connectivity index (χ0n) is 10.8. The van der Waals surface area contributed by atoms with Crippen molar-refractivity contribution in [2.75, 3.05) is 31.6 Å². The van der Waals surface area contributed by atoms with Gasteiger partial charge in [-0.2, -0.15) is 0 Å². The summed E-state index contributed by atoms with van der Waals surface area (Å²) in [6, 6.07) is 3.77. The van der Waals surface area contributed by atoms with Crippen LogP contribution < -0.4 is 5.32 Å². The molecule has 1 aromatic rings. The molecule has 5 heteroatoms. The average molecular weight is 249 g/mol. The van der Waals surface area contributed by atoms with Gasteiger partial charge in [-0.3, -0.25) is 4.79 Å². The van der Waals surface area contributed by atoms with Crippen molar-refractivity contribution in [3.63, 3.8) is 0 Å². The van der Waals surface area contributed by atoms with Gasteiger partial charge in [-0.1, -0.05) is 0 Å². The molecule has 0 spiro atoms. The average Bonchev–Trinajstić information content (AvgIpc) is 2.40. The van der Waals surface area contributed by atoms with E-state index in [0.717, 1.165) is 12.4 Å². The lowest BCUT2D eigenvalue weighted by Crippen LogP contribution is -2.47. The third-order valence-electron chi connectivity index (χ3n) is 3.00. The first-order valence-electron chi connectivity index (χ1n) is 6.31. The summed E-state index contributed by atoms with van der Waals surface area (Å²) in [5, 5.41) is 3.11. The second kappa shape index (κ2) is 5.82. The number of nitrogens with one attached hydrogen (secondary N) is 1. The predicted molar refractivity (Wildman–Crippen MR) is 69.7 cm³/mol. The number of amides is 1. The molecule has 0 aliphatic carbocycles. The van der Waals surface area contributed by atoms with Crippen LogP contribution in [0, 0.1) is 0 Å². The minimum absolute atomic E-state index is 0.0290. The Labute approximate surface area is 107 Å². The lowest BCUT2D eigenvalue weighted by Gasteiger charge is -2.33. The largest absolute Gasteiger partial charge is 0.377 e. The third kappa shape index (κ3) is 2.79. The fourth-order valence-corrected chi connectivity index (χ4v) is 2.00. The molecule has 1 aliphatic heterocycles. The van der Waals surface area contributed by atoms with Crippen molar-refractivity contribution in [1.29, 1.82) is 0 Å². The van der Waals surface area contributed by atoms with Crippen molar-refractivity contribution < 1.29 is 9.53 Å². The van der Waals surface area contributed by atoms with Crippen LogP contribution in [-0.4, -0.2) is 48.1 Å². The quantitative estimate of drug-likeness (QED) is 0.879. The highest BCUT2D eigenvalue weighted by atomic mass is 16.5. The fraction of sp³-hybridized carbons (Fsp3) is 0.538. The van der Waals surface area contributed by atoms with Gasteiger partial charge >= 0.3 is 0 Å². The summed E-state index contributed by atoms with van der Waals surface area (Å²) in [6.07, 6.45) is 1.63. The van der Waals surface area contributed by atoms with Crippen LogP contribution in [0.2, 0.25) is 0 Å². The van der Waals surface area contributed by atoms with E-state index in [1.807, 2.05) is 30.9 Å². The van der Waals surface area contributed by atoms with Crippen LogP contribution in [0.3, 0.4) is 0 Å². The third-order valence-corrected chi connectivity index (χ3v) is 3.00. The van der Waals surface area contributed by atoms with Gasteiger partial charge in [-0.25, -0.2) is 4.98 Å². The van der Waals surface area contributed by atoms with Crippen molar-refractivity contribution in [2.24, 2.45) is 0 Å². The van der Waals surface area contributed by atoms with Crippen LogP contribution in [0.15, 0.2) is 18.3 Å². The number of carbonyl (C=O) groups is 1. The molecule has 1 aromatic heterocycles. The van der Waals surface area contributed by atoms with Gasteiger partial charge in [-0.05, 0) is 26.0 Å². The minimum atomic E-state index is 0.0290. The Hall–Kier alpha value is -1.62. The number of aromatic nitrogens is 1. The standard InChI is InChI=1S/C13H19N3O2/c1-3-14-12-5-4-11(8-15-12)13(17)16-6-7-18-9-10(16)2/h4-5,8,10H,3,6-7,9H2,1-2H3,(H,14,15)/t10-/m1/s1. The molecule has 2 heterocycles. The van der Waals surface area contributed by atoms with Crippen LogP contribution in [0.4, 0.5) is 5.82 Å². The van der Waals surface area contributed by atoms with Crippen LogP contribution in [-0.2, 0) is 4.74 Å². The van der Waals surface area contributed by atoms with Gasteiger partial charge in [-0.15, -0.1) is 0 Å². The maximum atomic E-state index is 12.3. The zero-order valence-corrected chi connectivity index (χ0v) is 10.8. The molecule has 5 nitrogen and oxygen atoms in total. The van der Waals surface area contributed by atoms with Gasteiger partial charge in [0, 0.05) is 19.3 Å². The van der Waals surface area contributed by atoms with E-state index < -0.39 is 0 Å². The minimum Gasteiger partial charge on any atom is -0.377 e. The van der Waals surface area contributed by atoms with E-state index >= 15 is 0 Å². The van der Waals surface area contributed by atoms with Crippen molar-refractivity contribution >= 4 is 11.7 Å². The molecule has 1 N–H and O–H groups in total.